The van der Waals surface area contributed by atoms with Crippen LogP contribution in [0.4, 0.5) is 0 Å². The average molecular weight is 614 g/mol. The highest BCUT2D eigenvalue weighted by molar-refractivity contribution is 4.94. The number of ether oxygens (including phenoxy) is 2. The predicted octanol–water partition coefficient (Wildman–Crippen LogP) is 6.96. The van der Waals surface area contributed by atoms with Crippen molar-refractivity contribution in [2.45, 2.75) is 144 Å². The van der Waals surface area contributed by atoms with Crippen LogP contribution >= 0.6 is 0 Å². The number of aliphatic hydroxyl groups excluding tert-OH is 2. The summed E-state index contributed by atoms with van der Waals surface area (Å²) in [4.78, 5) is 4.37. The van der Waals surface area contributed by atoms with E-state index in [0.29, 0.717) is 42.6 Å². The van der Waals surface area contributed by atoms with Crippen molar-refractivity contribution in [2.24, 2.45) is 65.1 Å². The summed E-state index contributed by atoms with van der Waals surface area (Å²) in [6.07, 6.45) is 10.5. The molecule has 7 heteroatoms. The molecule has 0 spiro atoms. The lowest BCUT2D eigenvalue weighted by Crippen LogP contribution is -2.48. The van der Waals surface area contributed by atoms with E-state index in [9.17, 15) is 15.3 Å². The van der Waals surface area contributed by atoms with Crippen molar-refractivity contribution < 1.29 is 29.6 Å². The zero-order valence-electron chi connectivity index (χ0n) is 29.2. The average Bonchev–Trinajstić information content (AvgIpc) is 3.80. The summed E-state index contributed by atoms with van der Waals surface area (Å²) in [5.41, 5.74) is 0. The Bertz CT molecular complexity index is 733. The molecule has 3 aliphatic carbocycles. The van der Waals surface area contributed by atoms with Gasteiger partial charge in [0.2, 0.25) is 0 Å². The molecular formula is C36H71NO6. The Kier molecular flexibility index (Phi) is 17.5. The van der Waals surface area contributed by atoms with Gasteiger partial charge >= 0.3 is 0 Å². The Hall–Kier alpha value is -0.280. The van der Waals surface area contributed by atoms with Gasteiger partial charge in [0.25, 0.3) is 0 Å². The molecule has 5 N–H and O–H groups in total. The van der Waals surface area contributed by atoms with E-state index in [4.69, 9.17) is 15.4 Å². The molecule has 0 radical (unpaired) electrons. The van der Waals surface area contributed by atoms with Crippen molar-refractivity contribution in [3.05, 3.63) is 0 Å². The first-order valence-corrected chi connectivity index (χ1v) is 18.0. The van der Waals surface area contributed by atoms with Crippen LogP contribution in [-0.2, 0) is 14.3 Å². The van der Waals surface area contributed by atoms with Gasteiger partial charge < -0.3 is 29.6 Å². The molecule has 256 valence electrons. The van der Waals surface area contributed by atoms with E-state index in [-0.39, 0.29) is 23.7 Å². The lowest BCUT2D eigenvalue weighted by Gasteiger charge is -2.47. The lowest BCUT2D eigenvalue weighted by atomic mass is 9.60. The molecule has 7 unspecified atom stereocenters. The monoisotopic (exact) mass is 614 g/mol. The van der Waals surface area contributed by atoms with Gasteiger partial charge in [-0.05, 0) is 105 Å². The summed E-state index contributed by atoms with van der Waals surface area (Å²) in [6.45, 7) is 19.9. The molecule has 3 aliphatic rings. The van der Waals surface area contributed by atoms with Crippen molar-refractivity contribution in [3.63, 3.8) is 0 Å². The van der Waals surface area contributed by atoms with E-state index in [1.165, 1.54) is 32.1 Å². The summed E-state index contributed by atoms with van der Waals surface area (Å²) in [5, 5.41) is 33.7. The fourth-order valence-corrected chi connectivity index (χ4v) is 8.39. The Morgan fingerprint density at radius 2 is 1.44 bits per heavy atom. The van der Waals surface area contributed by atoms with Gasteiger partial charge in [-0.3, -0.25) is 0 Å². The lowest BCUT2D eigenvalue weighted by molar-refractivity contribution is -0.208. The topological polar surface area (TPSA) is 114 Å². The summed E-state index contributed by atoms with van der Waals surface area (Å²) in [5.74, 6) is 7.78. The van der Waals surface area contributed by atoms with Crippen molar-refractivity contribution in [2.75, 3.05) is 26.4 Å². The first-order chi connectivity index (χ1) is 20.4. The van der Waals surface area contributed by atoms with Crippen LogP contribution in [0.15, 0.2) is 0 Å². The van der Waals surface area contributed by atoms with Crippen LogP contribution in [0.3, 0.4) is 0 Å². The van der Waals surface area contributed by atoms with Crippen LogP contribution in [0.25, 0.3) is 0 Å². The van der Waals surface area contributed by atoms with Gasteiger partial charge in [-0.15, -0.1) is 0 Å². The first kappa shape index (κ1) is 38.9. The molecule has 3 rings (SSSR count). The maximum Gasteiger partial charge on any atom is 0.162 e. The molecule has 0 amide bonds. The molecule has 0 aromatic carbocycles. The van der Waals surface area contributed by atoms with Crippen molar-refractivity contribution in [3.8, 4) is 0 Å². The summed E-state index contributed by atoms with van der Waals surface area (Å²) in [7, 11) is 0. The molecule has 0 aliphatic heterocycles. The SMILES string of the molecule is CCCC1C(COCC)[C@H](C(C)C(O)C(O)C(C)[C@@H]2CC[C@@H](C)CC2CO[C@](C)(O)CCC)CC[C@H]1C.NOCC1CC1. The number of aliphatic hydroxyl groups is 3. The fraction of sp³-hybridized carbons (Fsp3) is 1.00. The van der Waals surface area contributed by atoms with Gasteiger partial charge in [-0.25, -0.2) is 5.90 Å². The normalized spacial score (nSPS) is 33.9. The minimum absolute atomic E-state index is 0.0195. The van der Waals surface area contributed by atoms with Gasteiger partial charge in [0.1, 0.15) is 0 Å². The molecule has 0 heterocycles. The molecule has 12 atom stereocenters. The standard InChI is InChI=1S/C32H62O5.C4H9NO/c1-9-12-26-22(5)14-16-28(29(26)20-36-11-3)24(7)31(34)30(33)23(6)27-15-13-21(4)18-25(27)19-37-32(8,35)17-10-2;5-6-3-4-1-2-4/h21-31,33-35H,9-20H2,1-8H3;4H,1-3,5H2/t21-,22-,23?,24?,25?,26?,27+,28+,29?,30?,31?,32+;/m1./s1. The van der Waals surface area contributed by atoms with Crippen LogP contribution in [0, 0.1) is 59.2 Å². The minimum Gasteiger partial charge on any atom is -0.390 e. The number of nitrogens with two attached hydrogens (primary N) is 1. The van der Waals surface area contributed by atoms with Crippen molar-refractivity contribution in [1.82, 2.24) is 0 Å². The van der Waals surface area contributed by atoms with Gasteiger partial charge in [-0.1, -0.05) is 73.6 Å². The highest BCUT2D eigenvalue weighted by Crippen LogP contribution is 2.47. The third-order valence-electron chi connectivity index (χ3n) is 11.4. The quantitative estimate of drug-likeness (QED) is 0.104. The van der Waals surface area contributed by atoms with Gasteiger partial charge in [0.05, 0.1) is 25.4 Å². The Balaban J connectivity index is 0.000000953. The molecule has 0 aromatic rings. The smallest absolute Gasteiger partial charge is 0.162 e. The highest BCUT2D eigenvalue weighted by Gasteiger charge is 2.45. The second-order valence-corrected chi connectivity index (χ2v) is 15.0. The zero-order valence-corrected chi connectivity index (χ0v) is 29.2. The van der Waals surface area contributed by atoms with Gasteiger partial charge in [-0.2, -0.15) is 0 Å². The second-order valence-electron chi connectivity index (χ2n) is 15.0. The Morgan fingerprint density at radius 3 is 1.98 bits per heavy atom. The van der Waals surface area contributed by atoms with E-state index >= 15 is 0 Å². The van der Waals surface area contributed by atoms with E-state index in [0.717, 1.165) is 57.8 Å². The zero-order chi connectivity index (χ0) is 32.2. The molecule has 0 aromatic heterocycles. The van der Waals surface area contributed by atoms with Crippen molar-refractivity contribution in [1.29, 1.82) is 0 Å². The fourth-order valence-electron chi connectivity index (χ4n) is 8.39. The second kappa shape index (κ2) is 19.4. The summed E-state index contributed by atoms with van der Waals surface area (Å²) >= 11 is 0. The van der Waals surface area contributed by atoms with E-state index in [2.05, 4.69) is 53.3 Å². The summed E-state index contributed by atoms with van der Waals surface area (Å²) in [6, 6.07) is 0. The minimum atomic E-state index is -1.10. The maximum atomic E-state index is 11.6. The molecule has 43 heavy (non-hydrogen) atoms. The molecule has 3 saturated carbocycles. The third kappa shape index (κ3) is 12.4. The number of rotatable bonds is 17. The largest absolute Gasteiger partial charge is 0.390 e. The van der Waals surface area contributed by atoms with Gasteiger partial charge in [0, 0.05) is 19.6 Å². The third-order valence-corrected chi connectivity index (χ3v) is 11.4. The van der Waals surface area contributed by atoms with E-state index in [1.54, 1.807) is 6.92 Å². The molecule has 3 fully saturated rings. The van der Waals surface area contributed by atoms with Crippen LogP contribution in [-0.4, -0.2) is 59.7 Å². The highest BCUT2D eigenvalue weighted by atomic mass is 16.6. The van der Waals surface area contributed by atoms with Crippen LogP contribution in [0.1, 0.15) is 126 Å². The van der Waals surface area contributed by atoms with Crippen LogP contribution in [0.5, 0.6) is 0 Å². The predicted molar refractivity (Wildman–Crippen MR) is 175 cm³/mol. The Labute approximate surface area is 265 Å². The van der Waals surface area contributed by atoms with Crippen LogP contribution < -0.4 is 5.90 Å². The first-order valence-electron chi connectivity index (χ1n) is 18.0. The number of hydrogen-bond donors (Lipinski definition) is 4. The van der Waals surface area contributed by atoms with Gasteiger partial charge in [0.15, 0.2) is 5.79 Å². The van der Waals surface area contributed by atoms with E-state index in [1.807, 2.05) is 0 Å². The van der Waals surface area contributed by atoms with Crippen LogP contribution in [0.2, 0.25) is 0 Å². The molecule has 0 saturated heterocycles. The van der Waals surface area contributed by atoms with E-state index < -0.39 is 18.0 Å². The molecule has 0 bridgehead atoms. The Morgan fingerprint density at radius 1 is 0.814 bits per heavy atom. The number of hydrogen-bond acceptors (Lipinski definition) is 7. The summed E-state index contributed by atoms with van der Waals surface area (Å²) < 4.78 is 12.0. The molecular weight excluding hydrogens is 542 g/mol. The molecule has 7 nitrogen and oxygen atoms in total. The van der Waals surface area contributed by atoms with Crippen molar-refractivity contribution >= 4 is 0 Å². The maximum absolute atomic E-state index is 11.6.